The van der Waals surface area contributed by atoms with E-state index in [2.05, 4.69) is 22.4 Å². The van der Waals surface area contributed by atoms with Crippen LogP contribution in [0, 0.1) is 5.92 Å². The van der Waals surface area contributed by atoms with E-state index >= 15 is 0 Å². The number of nitrogens with one attached hydrogen (secondary N) is 1. The van der Waals surface area contributed by atoms with Gasteiger partial charge in [0.05, 0.1) is 0 Å². The topological polar surface area (TPSA) is 87.8 Å². The van der Waals surface area contributed by atoms with Crippen molar-refractivity contribution < 1.29 is 21.6 Å². The van der Waals surface area contributed by atoms with Crippen LogP contribution in [0.4, 0.5) is 18.9 Å². The minimum Gasteiger partial charge on any atom is -0.370 e. The van der Waals surface area contributed by atoms with Gasteiger partial charge in [0.2, 0.25) is 0 Å². The SMILES string of the molecule is NC(=NCC1CCN(S(=O)(=O)C(F)(F)F)CC1)Nc1ccc2c(c1)CCC2. The van der Waals surface area contributed by atoms with Crippen molar-refractivity contribution in [3.8, 4) is 0 Å². The fraction of sp³-hybridized carbons (Fsp3) is 0.588. The molecular weight excluding hydrogens is 381 g/mol. The van der Waals surface area contributed by atoms with Crippen LogP contribution in [-0.4, -0.2) is 43.8 Å². The van der Waals surface area contributed by atoms with Crippen LogP contribution >= 0.6 is 0 Å². The summed E-state index contributed by atoms with van der Waals surface area (Å²) in [5, 5.41) is 3.04. The van der Waals surface area contributed by atoms with E-state index in [0.29, 0.717) is 23.7 Å². The van der Waals surface area contributed by atoms with Crippen molar-refractivity contribution in [1.82, 2.24) is 4.31 Å². The van der Waals surface area contributed by atoms with Crippen LogP contribution in [-0.2, 0) is 22.9 Å². The third kappa shape index (κ3) is 4.55. The maximum atomic E-state index is 12.6. The van der Waals surface area contributed by atoms with Crippen LogP contribution in [0.25, 0.3) is 0 Å². The van der Waals surface area contributed by atoms with Gasteiger partial charge in [0.1, 0.15) is 0 Å². The predicted molar refractivity (Wildman–Crippen MR) is 97.9 cm³/mol. The first kappa shape index (κ1) is 19.9. The minimum atomic E-state index is -5.25. The molecule has 2 aliphatic rings. The highest BCUT2D eigenvalue weighted by Gasteiger charge is 2.50. The maximum absolute atomic E-state index is 12.6. The quantitative estimate of drug-likeness (QED) is 0.596. The van der Waals surface area contributed by atoms with Crippen molar-refractivity contribution in [2.75, 3.05) is 25.0 Å². The van der Waals surface area contributed by atoms with Crippen LogP contribution in [0.5, 0.6) is 0 Å². The molecule has 3 N–H and O–H groups in total. The number of anilines is 1. The number of piperidine rings is 1. The van der Waals surface area contributed by atoms with Crippen molar-refractivity contribution >= 4 is 21.7 Å². The van der Waals surface area contributed by atoms with Gasteiger partial charge in [-0.1, -0.05) is 6.07 Å². The zero-order valence-corrected chi connectivity index (χ0v) is 15.6. The first-order valence-corrected chi connectivity index (χ1v) is 10.4. The second-order valence-corrected chi connectivity index (χ2v) is 8.91. The largest absolute Gasteiger partial charge is 0.511 e. The fourth-order valence-electron chi connectivity index (χ4n) is 3.54. The zero-order valence-electron chi connectivity index (χ0n) is 14.8. The van der Waals surface area contributed by atoms with E-state index in [9.17, 15) is 21.6 Å². The normalized spacial score (nSPS) is 19.9. The number of fused-ring (bicyclic) bond motifs is 1. The average molecular weight is 404 g/mol. The van der Waals surface area contributed by atoms with Gasteiger partial charge in [0, 0.05) is 25.3 Å². The first-order chi connectivity index (χ1) is 12.7. The summed E-state index contributed by atoms with van der Waals surface area (Å²) in [6.45, 7) is 0.0457. The third-order valence-electron chi connectivity index (χ3n) is 5.10. The summed E-state index contributed by atoms with van der Waals surface area (Å²) in [5.41, 5.74) is 4.19. The van der Waals surface area contributed by atoms with Gasteiger partial charge in [0.25, 0.3) is 0 Å². The number of nitrogens with zero attached hydrogens (tertiary/aromatic N) is 2. The average Bonchev–Trinajstić information content (AvgIpc) is 3.07. The highest BCUT2D eigenvalue weighted by Crippen LogP contribution is 2.30. The Bertz CT molecular complexity index is 816. The van der Waals surface area contributed by atoms with Crippen LogP contribution in [0.3, 0.4) is 0 Å². The van der Waals surface area contributed by atoms with Gasteiger partial charge in [-0.3, -0.25) is 4.99 Å². The van der Waals surface area contributed by atoms with Gasteiger partial charge in [-0.2, -0.15) is 17.5 Å². The lowest BCUT2D eigenvalue weighted by Crippen LogP contribution is -2.45. The lowest BCUT2D eigenvalue weighted by Gasteiger charge is -2.30. The summed E-state index contributed by atoms with van der Waals surface area (Å²) in [6, 6.07) is 6.09. The van der Waals surface area contributed by atoms with Gasteiger partial charge >= 0.3 is 15.5 Å². The number of hydrogen-bond acceptors (Lipinski definition) is 3. The molecule has 10 heteroatoms. The van der Waals surface area contributed by atoms with Crippen molar-refractivity contribution in [2.45, 2.75) is 37.6 Å². The summed E-state index contributed by atoms with van der Waals surface area (Å²) >= 11 is 0. The molecule has 1 aromatic carbocycles. The Labute approximate surface area is 156 Å². The number of hydrogen-bond donors (Lipinski definition) is 2. The molecule has 0 radical (unpaired) electrons. The summed E-state index contributed by atoms with van der Waals surface area (Å²) < 4.78 is 61.1. The van der Waals surface area contributed by atoms with Crippen LogP contribution in [0.1, 0.15) is 30.4 Å². The Hall–Kier alpha value is -1.81. The number of sulfonamides is 1. The van der Waals surface area contributed by atoms with E-state index in [1.54, 1.807) is 0 Å². The number of benzene rings is 1. The molecule has 3 rings (SSSR count). The molecule has 1 aliphatic heterocycles. The molecule has 1 aliphatic carbocycles. The van der Waals surface area contributed by atoms with Crippen molar-refractivity contribution in [3.63, 3.8) is 0 Å². The lowest BCUT2D eigenvalue weighted by molar-refractivity contribution is -0.0496. The molecule has 0 bridgehead atoms. The van der Waals surface area contributed by atoms with Crippen LogP contribution in [0.2, 0.25) is 0 Å². The van der Waals surface area contributed by atoms with Crippen molar-refractivity contribution in [1.29, 1.82) is 0 Å². The van der Waals surface area contributed by atoms with Crippen molar-refractivity contribution in [3.05, 3.63) is 29.3 Å². The van der Waals surface area contributed by atoms with Gasteiger partial charge < -0.3 is 11.1 Å². The summed E-state index contributed by atoms with van der Waals surface area (Å²) in [5.74, 6) is 0.253. The number of halogens is 3. The number of aryl methyl sites for hydroxylation is 2. The van der Waals surface area contributed by atoms with Crippen LogP contribution in [0.15, 0.2) is 23.2 Å². The molecule has 0 unspecified atom stereocenters. The molecule has 1 aromatic rings. The molecule has 1 saturated heterocycles. The van der Waals surface area contributed by atoms with E-state index in [-0.39, 0.29) is 25.0 Å². The Morgan fingerprint density at radius 1 is 1.22 bits per heavy atom. The van der Waals surface area contributed by atoms with E-state index < -0.39 is 15.5 Å². The monoisotopic (exact) mass is 404 g/mol. The molecule has 150 valence electrons. The molecule has 1 fully saturated rings. The maximum Gasteiger partial charge on any atom is 0.511 e. The van der Waals surface area contributed by atoms with E-state index in [0.717, 1.165) is 24.9 Å². The van der Waals surface area contributed by atoms with Gasteiger partial charge in [0.15, 0.2) is 5.96 Å². The number of rotatable bonds is 4. The number of nitrogens with two attached hydrogens (primary N) is 1. The first-order valence-electron chi connectivity index (χ1n) is 8.92. The van der Waals surface area contributed by atoms with Gasteiger partial charge in [-0.05, 0) is 61.3 Å². The smallest absolute Gasteiger partial charge is 0.370 e. The Morgan fingerprint density at radius 3 is 2.56 bits per heavy atom. The lowest BCUT2D eigenvalue weighted by atomic mass is 9.98. The molecule has 0 saturated carbocycles. The highest BCUT2D eigenvalue weighted by atomic mass is 32.2. The minimum absolute atomic E-state index is 0.00468. The molecule has 1 heterocycles. The molecule has 0 atom stereocenters. The third-order valence-corrected chi connectivity index (χ3v) is 6.73. The fourth-order valence-corrected chi connectivity index (χ4v) is 4.53. The molecular formula is C17H23F3N4O2S. The number of aliphatic imine (C=N–C) groups is 1. The zero-order chi connectivity index (χ0) is 19.7. The molecule has 6 nitrogen and oxygen atoms in total. The number of guanidine groups is 1. The summed E-state index contributed by atoms with van der Waals surface area (Å²) in [6.07, 6.45) is 3.96. The number of alkyl halides is 3. The van der Waals surface area contributed by atoms with Crippen LogP contribution < -0.4 is 11.1 Å². The Morgan fingerprint density at radius 2 is 1.89 bits per heavy atom. The molecule has 0 amide bonds. The van der Waals surface area contributed by atoms with Gasteiger partial charge in [-0.25, -0.2) is 8.42 Å². The molecule has 27 heavy (non-hydrogen) atoms. The van der Waals surface area contributed by atoms with Gasteiger partial charge in [-0.15, -0.1) is 0 Å². The summed E-state index contributed by atoms with van der Waals surface area (Å²) in [4.78, 5) is 4.27. The Kier molecular flexibility index (Phi) is 5.66. The second kappa shape index (κ2) is 7.67. The molecule has 0 spiro atoms. The Balaban J connectivity index is 1.50. The van der Waals surface area contributed by atoms with E-state index in [1.807, 2.05) is 6.07 Å². The van der Waals surface area contributed by atoms with E-state index in [1.165, 1.54) is 11.1 Å². The van der Waals surface area contributed by atoms with Crippen molar-refractivity contribution in [2.24, 2.45) is 16.6 Å². The molecule has 0 aromatic heterocycles. The second-order valence-electron chi connectivity index (χ2n) is 6.98. The van der Waals surface area contributed by atoms with E-state index in [4.69, 9.17) is 5.73 Å². The standard InChI is InChI=1S/C17H23F3N4O2S/c18-17(19,20)27(25,26)24-8-6-12(7-9-24)11-22-16(21)23-15-5-4-13-2-1-3-14(13)10-15/h4-5,10,12H,1-3,6-9,11H2,(H3,21,22,23). The predicted octanol–water partition coefficient (Wildman–Crippen LogP) is 2.46. The summed E-state index contributed by atoms with van der Waals surface area (Å²) in [7, 11) is -5.24. The highest BCUT2D eigenvalue weighted by molar-refractivity contribution is 7.90.